The Balaban J connectivity index is 1.97. The van der Waals surface area contributed by atoms with Gasteiger partial charge in [0.2, 0.25) is 0 Å². The number of anilines is 1. The molecule has 0 radical (unpaired) electrons. The average molecular weight is 356 g/mol. The number of carbonyl (C=O) groups excluding carboxylic acids is 1. The van der Waals surface area contributed by atoms with Gasteiger partial charge in [-0.3, -0.25) is 0 Å². The van der Waals surface area contributed by atoms with Crippen LogP contribution in [-0.4, -0.2) is 40.8 Å². The minimum atomic E-state index is -0.497. The molecule has 3 rings (SSSR count). The van der Waals surface area contributed by atoms with Gasteiger partial charge < -0.3 is 26.1 Å². The number of aromatic nitrogens is 3. The predicted octanol–water partition coefficient (Wildman–Crippen LogP) is 1.80. The van der Waals surface area contributed by atoms with E-state index in [0.29, 0.717) is 25.4 Å². The summed E-state index contributed by atoms with van der Waals surface area (Å²) in [6, 6.07) is 7.43. The van der Waals surface area contributed by atoms with E-state index in [4.69, 9.17) is 21.2 Å². The molecule has 0 aliphatic carbocycles. The molecule has 0 unspecified atom stereocenters. The van der Waals surface area contributed by atoms with E-state index < -0.39 is 6.03 Å². The molecule has 0 saturated carbocycles. The summed E-state index contributed by atoms with van der Waals surface area (Å²) in [7, 11) is 1.67. The molecule has 2 amide bonds. The standard InChI is InChI=1S/C18H24N6O2/c1-26-11-8-14-23-15-16(24(14)10-5-4-9-21-18(20)25)12-6-2-3-7-13(12)22-17(15)19/h2-3,6-7H,4-5,8-11H2,1H3,(H2,19,22)(H3,20,21,25). The Bertz CT molecular complexity index is 921. The summed E-state index contributed by atoms with van der Waals surface area (Å²) in [5.41, 5.74) is 13.8. The van der Waals surface area contributed by atoms with Crippen molar-refractivity contribution in [3.63, 3.8) is 0 Å². The highest BCUT2D eigenvalue weighted by atomic mass is 16.5. The fourth-order valence-electron chi connectivity index (χ4n) is 3.14. The zero-order chi connectivity index (χ0) is 18.5. The Morgan fingerprint density at radius 1 is 1.27 bits per heavy atom. The van der Waals surface area contributed by atoms with Crippen molar-refractivity contribution in [2.45, 2.75) is 25.8 Å². The second-order valence-corrected chi connectivity index (χ2v) is 6.13. The van der Waals surface area contributed by atoms with Crippen LogP contribution in [0.2, 0.25) is 0 Å². The van der Waals surface area contributed by atoms with Crippen molar-refractivity contribution >= 4 is 33.8 Å². The number of amides is 2. The van der Waals surface area contributed by atoms with Crippen LogP contribution in [0.5, 0.6) is 0 Å². The maximum Gasteiger partial charge on any atom is 0.312 e. The molecule has 0 atom stereocenters. The van der Waals surface area contributed by atoms with Gasteiger partial charge >= 0.3 is 6.03 Å². The van der Waals surface area contributed by atoms with Crippen LogP contribution in [0.4, 0.5) is 10.6 Å². The number of primary amides is 1. The molecule has 0 spiro atoms. The number of methoxy groups -OCH3 is 1. The van der Waals surface area contributed by atoms with Crippen LogP contribution in [0.1, 0.15) is 18.7 Å². The van der Waals surface area contributed by atoms with Gasteiger partial charge in [0.25, 0.3) is 0 Å². The fraction of sp³-hybridized carbons (Fsp3) is 0.389. The minimum Gasteiger partial charge on any atom is -0.384 e. The number of fused-ring (bicyclic) bond motifs is 3. The summed E-state index contributed by atoms with van der Waals surface area (Å²) in [6.45, 7) is 1.90. The van der Waals surface area contributed by atoms with Crippen molar-refractivity contribution in [1.29, 1.82) is 0 Å². The number of nitrogens with one attached hydrogen (secondary N) is 1. The topological polar surface area (TPSA) is 121 Å². The number of nitrogens with two attached hydrogens (primary N) is 2. The number of hydrogen-bond acceptors (Lipinski definition) is 5. The number of rotatable bonds is 8. The Hall–Kier alpha value is -2.87. The van der Waals surface area contributed by atoms with E-state index in [9.17, 15) is 4.79 Å². The van der Waals surface area contributed by atoms with E-state index >= 15 is 0 Å². The number of ether oxygens (including phenoxy) is 1. The van der Waals surface area contributed by atoms with Crippen LogP contribution in [0, 0.1) is 0 Å². The third-order valence-electron chi connectivity index (χ3n) is 4.33. The summed E-state index contributed by atoms with van der Waals surface area (Å²) in [6.07, 6.45) is 2.39. The van der Waals surface area contributed by atoms with Crippen molar-refractivity contribution in [1.82, 2.24) is 19.9 Å². The highest BCUT2D eigenvalue weighted by molar-refractivity contribution is 6.06. The number of imidazole rings is 1. The van der Waals surface area contributed by atoms with E-state index in [1.54, 1.807) is 7.11 Å². The molecule has 0 bridgehead atoms. The SMILES string of the molecule is COCCc1nc2c(N)nc3ccccc3c2n1CCCCNC(N)=O. The summed E-state index contributed by atoms with van der Waals surface area (Å²) >= 11 is 0. The van der Waals surface area contributed by atoms with Crippen LogP contribution >= 0.6 is 0 Å². The number of unbranched alkanes of at least 4 members (excludes halogenated alkanes) is 1. The molecule has 138 valence electrons. The van der Waals surface area contributed by atoms with E-state index in [1.165, 1.54) is 0 Å². The molecular formula is C18H24N6O2. The summed E-state index contributed by atoms with van der Waals surface area (Å²) in [5.74, 6) is 1.36. The number of aryl methyl sites for hydroxylation is 1. The second kappa shape index (κ2) is 8.01. The fourth-order valence-corrected chi connectivity index (χ4v) is 3.14. The third kappa shape index (κ3) is 3.70. The average Bonchev–Trinajstić information content (AvgIpc) is 2.99. The first kappa shape index (κ1) is 17.9. The molecule has 8 nitrogen and oxygen atoms in total. The molecule has 2 heterocycles. The zero-order valence-corrected chi connectivity index (χ0v) is 14.9. The van der Waals surface area contributed by atoms with Crippen molar-refractivity contribution in [2.24, 2.45) is 5.73 Å². The monoisotopic (exact) mass is 356 g/mol. The van der Waals surface area contributed by atoms with Gasteiger partial charge in [0.05, 0.1) is 17.6 Å². The van der Waals surface area contributed by atoms with Gasteiger partial charge in [0, 0.05) is 32.0 Å². The van der Waals surface area contributed by atoms with Crippen molar-refractivity contribution in [3.8, 4) is 0 Å². The molecule has 0 aliphatic heterocycles. The van der Waals surface area contributed by atoms with Crippen LogP contribution in [0.25, 0.3) is 21.9 Å². The molecule has 5 N–H and O–H groups in total. The molecule has 0 fully saturated rings. The van der Waals surface area contributed by atoms with Gasteiger partial charge in [-0.1, -0.05) is 18.2 Å². The largest absolute Gasteiger partial charge is 0.384 e. The Kier molecular flexibility index (Phi) is 5.52. The number of nitrogen functional groups attached to an aromatic ring is 1. The zero-order valence-electron chi connectivity index (χ0n) is 14.9. The number of urea groups is 1. The van der Waals surface area contributed by atoms with Crippen LogP contribution < -0.4 is 16.8 Å². The number of pyridine rings is 1. The molecule has 2 aromatic heterocycles. The lowest BCUT2D eigenvalue weighted by molar-refractivity contribution is 0.199. The molecule has 3 aromatic rings. The second-order valence-electron chi connectivity index (χ2n) is 6.13. The maximum absolute atomic E-state index is 10.8. The van der Waals surface area contributed by atoms with Crippen molar-refractivity contribution in [2.75, 3.05) is 26.0 Å². The van der Waals surface area contributed by atoms with Gasteiger partial charge in [-0.15, -0.1) is 0 Å². The molecule has 8 heteroatoms. The van der Waals surface area contributed by atoms with Crippen molar-refractivity contribution in [3.05, 3.63) is 30.1 Å². The normalized spacial score (nSPS) is 11.3. The van der Waals surface area contributed by atoms with E-state index in [0.717, 1.165) is 47.1 Å². The number of nitrogens with zero attached hydrogens (tertiary/aromatic N) is 3. The highest BCUT2D eigenvalue weighted by Gasteiger charge is 2.16. The van der Waals surface area contributed by atoms with E-state index in [2.05, 4.69) is 14.9 Å². The lowest BCUT2D eigenvalue weighted by atomic mass is 10.2. The van der Waals surface area contributed by atoms with Gasteiger partial charge in [-0.25, -0.2) is 14.8 Å². The first-order valence-corrected chi connectivity index (χ1v) is 8.67. The number of para-hydroxylation sites is 1. The Labute approximate surface area is 151 Å². The minimum absolute atomic E-state index is 0.437. The van der Waals surface area contributed by atoms with Gasteiger partial charge in [0.15, 0.2) is 5.82 Å². The third-order valence-corrected chi connectivity index (χ3v) is 4.33. The predicted molar refractivity (Wildman–Crippen MR) is 102 cm³/mol. The van der Waals surface area contributed by atoms with Gasteiger partial charge in [-0.05, 0) is 18.9 Å². The summed E-state index contributed by atoms with van der Waals surface area (Å²) in [5, 5.41) is 3.65. The highest BCUT2D eigenvalue weighted by Crippen LogP contribution is 2.29. The maximum atomic E-state index is 10.8. The van der Waals surface area contributed by atoms with Crippen LogP contribution in [0.3, 0.4) is 0 Å². The van der Waals surface area contributed by atoms with Gasteiger partial charge in [0.1, 0.15) is 11.3 Å². The molecule has 26 heavy (non-hydrogen) atoms. The van der Waals surface area contributed by atoms with Gasteiger partial charge in [-0.2, -0.15) is 0 Å². The Morgan fingerprint density at radius 3 is 2.85 bits per heavy atom. The first-order valence-electron chi connectivity index (χ1n) is 8.67. The quantitative estimate of drug-likeness (QED) is 0.531. The lowest BCUT2D eigenvalue weighted by Crippen LogP contribution is -2.30. The molecule has 0 saturated heterocycles. The molecular weight excluding hydrogens is 332 g/mol. The van der Waals surface area contributed by atoms with Crippen molar-refractivity contribution < 1.29 is 9.53 Å². The van der Waals surface area contributed by atoms with Crippen LogP contribution in [-0.2, 0) is 17.7 Å². The number of benzene rings is 1. The molecule has 1 aromatic carbocycles. The smallest absolute Gasteiger partial charge is 0.312 e. The Morgan fingerprint density at radius 2 is 2.08 bits per heavy atom. The lowest BCUT2D eigenvalue weighted by Gasteiger charge is -2.11. The van der Waals surface area contributed by atoms with Crippen LogP contribution in [0.15, 0.2) is 24.3 Å². The van der Waals surface area contributed by atoms with E-state index in [1.807, 2.05) is 24.3 Å². The summed E-state index contributed by atoms with van der Waals surface area (Å²) < 4.78 is 7.42. The van der Waals surface area contributed by atoms with E-state index in [-0.39, 0.29) is 0 Å². The number of hydrogen-bond donors (Lipinski definition) is 3. The molecule has 0 aliphatic rings. The first-order chi connectivity index (χ1) is 12.6. The number of carbonyl (C=O) groups is 1. The summed E-state index contributed by atoms with van der Waals surface area (Å²) in [4.78, 5) is 20.0.